The van der Waals surface area contributed by atoms with Crippen LogP contribution < -0.4 is 16.2 Å². The lowest BCUT2D eigenvalue weighted by molar-refractivity contribution is 0.382. The average Bonchev–Trinajstić information content (AvgIpc) is 3.63. The van der Waals surface area contributed by atoms with Gasteiger partial charge in [-0.2, -0.15) is 10.2 Å². The number of hydrogen-bond donors (Lipinski definition) is 2. The summed E-state index contributed by atoms with van der Waals surface area (Å²) in [7, 11) is 0. The van der Waals surface area contributed by atoms with Crippen molar-refractivity contribution in [3.63, 3.8) is 0 Å². The molecule has 0 saturated heterocycles. The van der Waals surface area contributed by atoms with Crippen LogP contribution in [0.5, 0.6) is 0 Å². The Morgan fingerprint density at radius 3 is 2.78 bits per heavy atom. The summed E-state index contributed by atoms with van der Waals surface area (Å²) in [6.45, 7) is 7.62. The van der Waals surface area contributed by atoms with Crippen LogP contribution in [0.15, 0.2) is 41.5 Å². The van der Waals surface area contributed by atoms with Gasteiger partial charge in [-0.15, -0.1) is 0 Å². The largest absolute Gasteiger partial charge is 0.324 e. The highest BCUT2D eigenvalue weighted by Crippen LogP contribution is 2.45. The average molecular weight is 482 g/mol. The van der Waals surface area contributed by atoms with Crippen molar-refractivity contribution in [1.82, 2.24) is 34.6 Å². The molecular weight excluding hydrogens is 454 g/mol. The van der Waals surface area contributed by atoms with Crippen molar-refractivity contribution in [2.45, 2.75) is 57.5 Å². The Morgan fingerprint density at radius 2 is 2.03 bits per heavy atom. The molecule has 4 heterocycles. The van der Waals surface area contributed by atoms with Crippen molar-refractivity contribution >= 4 is 22.7 Å². The van der Waals surface area contributed by atoms with Gasteiger partial charge in [0, 0.05) is 36.2 Å². The molecule has 1 aliphatic heterocycles. The Hall–Kier alpha value is -4.10. The van der Waals surface area contributed by atoms with Crippen LogP contribution in [0, 0.1) is 11.3 Å². The highest BCUT2D eigenvalue weighted by Gasteiger charge is 2.48. The van der Waals surface area contributed by atoms with Gasteiger partial charge in [-0.05, 0) is 69.8 Å². The first-order chi connectivity index (χ1) is 17.3. The van der Waals surface area contributed by atoms with Crippen LogP contribution in [0.25, 0.3) is 16.9 Å². The van der Waals surface area contributed by atoms with E-state index in [0.29, 0.717) is 35.2 Å². The van der Waals surface area contributed by atoms with E-state index in [2.05, 4.69) is 57.6 Å². The standard InChI is InChI=1S/C26H27N9O/c1-4-34-22(36)18-14-29-24(31-17-5-6-19-16(13-17)7-12-30-25(19,2)3)33-21(18)35(34)20-8-11-28-23(32-20)26(15-27)9-10-26/h5-6,8,11,13-14,30H,4,7,9-10,12H2,1-3H3,(H,29,31,33). The molecule has 10 heteroatoms. The summed E-state index contributed by atoms with van der Waals surface area (Å²) in [5, 5.41) is 16.9. The molecule has 0 radical (unpaired) electrons. The fourth-order valence-corrected chi connectivity index (χ4v) is 5.04. The number of hydrogen-bond acceptors (Lipinski definition) is 8. The minimum absolute atomic E-state index is 0.0678. The molecule has 2 N–H and O–H groups in total. The molecule has 0 unspecified atom stereocenters. The molecule has 0 amide bonds. The van der Waals surface area contributed by atoms with Gasteiger partial charge in [0.15, 0.2) is 17.3 Å². The first kappa shape index (κ1) is 22.4. The van der Waals surface area contributed by atoms with Gasteiger partial charge in [-0.3, -0.25) is 4.79 Å². The lowest BCUT2D eigenvalue weighted by Gasteiger charge is -2.34. The normalized spacial score (nSPS) is 17.4. The molecule has 6 rings (SSSR count). The predicted octanol–water partition coefficient (Wildman–Crippen LogP) is 3.07. The monoisotopic (exact) mass is 481 g/mol. The fraction of sp³-hybridized carbons (Fsp3) is 0.385. The van der Waals surface area contributed by atoms with Crippen molar-refractivity contribution in [3.05, 3.63) is 64.0 Å². The molecule has 10 nitrogen and oxygen atoms in total. The Labute approximate surface area is 208 Å². The maximum Gasteiger partial charge on any atom is 0.278 e. The molecule has 1 saturated carbocycles. The second-order valence-corrected chi connectivity index (χ2v) is 9.99. The van der Waals surface area contributed by atoms with E-state index < -0.39 is 5.41 Å². The van der Waals surface area contributed by atoms with Gasteiger partial charge in [0.1, 0.15) is 10.8 Å². The van der Waals surface area contributed by atoms with Crippen LogP contribution in [-0.2, 0) is 23.9 Å². The molecule has 3 aromatic heterocycles. The summed E-state index contributed by atoms with van der Waals surface area (Å²) in [5.41, 5.74) is 3.03. The van der Waals surface area contributed by atoms with Gasteiger partial charge >= 0.3 is 0 Å². The Morgan fingerprint density at radius 1 is 1.19 bits per heavy atom. The van der Waals surface area contributed by atoms with Gasteiger partial charge in [0.05, 0.1) is 6.07 Å². The molecule has 1 aromatic carbocycles. The minimum atomic E-state index is -0.630. The van der Waals surface area contributed by atoms with Crippen LogP contribution >= 0.6 is 0 Å². The third kappa shape index (κ3) is 3.46. The number of anilines is 2. The summed E-state index contributed by atoms with van der Waals surface area (Å²) >= 11 is 0. The van der Waals surface area contributed by atoms with E-state index in [1.54, 1.807) is 27.8 Å². The molecule has 1 fully saturated rings. The van der Waals surface area contributed by atoms with E-state index in [9.17, 15) is 10.1 Å². The van der Waals surface area contributed by atoms with E-state index in [0.717, 1.165) is 31.5 Å². The molecule has 182 valence electrons. The van der Waals surface area contributed by atoms with Crippen LogP contribution in [0.1, 0.15) is 50.6 Å². The van der Waals surface area contributed by atoms with E-state index >= 15 is 0 Å². The highest BCUT2D eigenvalue weighted by atomic mass is 16.1. The van der Waals surface area contributed by atoms with E-state index in [-0.39, 0.29) is 11.1 Å². The summed E-state index contributed by atoms with van der Waals surface area (Å²) in [6.07, 6.45) is 5.62. The first-order valence-electron chi connectivity index (χ1n) is 12.2. The number of aromatic nitrogens is 6. The Balaban J connectivity index is 1.42. The third-order valence-electron chi connectivity index (χ3n) is 7.22. The maximum absolute atomic E-state index is 13.1. The van der Waals surface area contributed by atoms with Crippen molar-refractivity contribution in [2.24, 2.45) is 0 Å². The van der Waals surface area contributed by atoms with Gasteiger partial charge in [-0.1, -0.05) is 6.07 Å². The SMILES string of the molecule is CCn1c(=O)c2cnc(Nc3ccc4c(c3)CCNC4(C)C)nc2n1-c1ccnc(C2(C#N)CC2)n1. The summed E-state index contributed by atoms with van der Waals surface area (Å²) in [4.78, 5) is 31.3. The minimum Gasteiger partial charge on any atom is -0.324 e. The predicted molar refractivity (Wildman–Crippen MR) is 135 cm³/mol. The smallest absolute Gasteiger partial charge is 0.278 e. The highest BCUT2D eigenvalue weighted by molar-refractivity contribution is 5.77. The maximum atomic E-state index is 13.1. The topological polar surface area (TPSA) is 126 Å². The number of fused-ring (bicyclic) bond motifs is 2. The van der Waals surface area contributed by atoms with Gasteiger partial charge in [0.25, 0.3) is 5.56 Å². The third-order valence-corrected chi connectivity index (χ3v) is 7.22. The zero-order valence-electron chi connectivity index (χ0n) is 20.5. The molecular formula is C26H27N9O. The lowest BCUT2D eigenvalue weighted by Crippen LogP contribution is -2.42. The van der Waals surface area contributed by atoms with Crippen molar-refractivity contribution in [2.75, 3.05) is 11.9 Å². The molecule has 0 spiro atoms. The van der Waals surface area contributed by atoms with Crippen LogP contribution in [0.2, 0.25) is 0 Å². The van der Waals surface area contributed by atoms with Crippen molar-refractivity contribution < 1.29 is 0 Å². The van der Waals surface area contributed by atoms with E-state index in [1.807, 2.05) is 13.0 Å². The molecule has 36 heavy (non-hydrogen) atoms. The zero-order chi connectivity index (χ0) is 25.1. The summed E-state index contributed by atoms with van der Waals surface area (Å²) < 4.78 is 3.28. The van der Waals surface area contributed by atoms with Gasteiger partial charge in [-0.25, -0.2) is 24.3 Å². The van der Waals surface area contributed by atoms with Crippen LogP contribution in [0.3, 0.4) is 0 Å². The van der Waals surface area contributed by atoms with Crippen molar-refractivity contribution in [3.8, 4) is 11.9 Å². The van der Waals surface area contributed by atoms with Crippen LogP contribution in [0.4, 0.5) is 11.6 Å². The van der Waals surface area contributed by atoms with Crippen LogP contribution in [-0.4, -0.2) is 35.8 Å². The molecule has 0 bridgehead atoms. The molecule has 1 aliphatic carbocycles. The summed E-state index contributed by atoms with van der Waals surface area (Å²) in [5.74, 6) is 1.38. The van der Waals surface area contributed by atoms with Gasteiger partial charge < -0.3 is 10.6 Å². The molecule has 0 atom stereocenters. The van der Waals surface area contributed by atoms with Gasteiger partial charge in [0.2, 0.25) is 5.95 Å². The quantitative estimate of drug-likeness (QED) is 0.445. The second-order valence-electron chi connectivity index (χ2n) is 9.99. The lowest BCUT2D eigenvalue weighted by atomic mass is 9.85. The summed E-state index contributed by atoms with van der Waals surface area (Å²) in [6, 6.07) is 10.4. The Kier molecular flexibility index (Phi) is 4.95. The number of benzene rings is 1. The first-order valence-corrected chi connectivity index (χ1v) is 12.2. The molecule has 2 aliphatic rings. The molecule has 4 aromatic rings. The van der Waals surface area contributed by atoms with E-state index in [1.165, 1.54) is 11.1 Å². The number of nitrogens with zero attached hydrogens (tertiary/aromatic N) is 7. The zero-order valence-corrected chi connectivity index (χ0v) is 20.5. The number of nitriles is 1. The second kappa shape index (κ2) is 7.96. The number of nitrogens with one attached hydrogen (secondary N) is 2. The fourth-order valence-electron chi connectivity index (χ4n) is 5.04. The van der Waals surface area contributed by atoms with Crippen molar-refractivity contribution in [1.29, 1.82) is 5.26 Å². The van der Waals surface area contributed by atoms with E-state index in [4.69, 9.17) is 4.98 Å². The number of rotatable bonds is 5. The Bertz CT molecular complexity index is 1600.